The van der Waals surface area contributed by atoms with Crippen LogP contribution < -0.4 is 5.73 Å². The van der Waals surface area contributed by atoms with Gasteiger partial charge in [-0.05, 0) is 26.3 Å². The van der Waals surface area contributed by atoms with Crippen molar-refractivity contribution in [3.05, 3.63) is 41.7 Å². The molecule has 0 radical (unpaired) electrons. The monoisotopic (exact) mass is 327 g/mol. The van der Waals surface area contributed by atoms with Crippen LogP contribution in [0.4, 0.5) is 13.2 Å². The van der Waals surface area contributed by atoms with Gasteiger partial charge in [-0.3, -0.25) is 0 Å². The van der Waals surface area contributed by atoms with Gasteiger partial charge in [-0.1, -0.05) is 38.1 Å². The van der Waals surface area contributed by atoms with Crippen LogP contribution in [-0.4, -0.2) is 9.55 Å². The largest absolute Gasteiger partial charge is 0.434 e. The standard InChI is InChI=1S/C15H18F3N3.C2H6/c1-9(2)21-8-13(15(16,17)18)20-14(21)12-6-4-11(5-7-12)10(3)19;1-2/h4-10H,19H2,1-3H3;1-2H3. The third-order valence-electron chi connectivity index (χ3n) is 3.27. The van der Waals surface area contributed by atoms with Gasteiger partial charge in [0, 0.05) is 23.8 Å². The molecule has 128 valence electrons. The van der Waals surface area contributed by atoms with Crippen molar-refractivity contribution in [1.82, 2.24) is 9.55 Å². The molecule has 1 aromatic heterocycles. The van der Waals surface area contributed by atoms with E-state index in [2.05, 4.69) is 4.98 Å². The Hall–Kier alpha value is -1.82. The van der Waals surface area contributed by atoms with E-state index < -0.39 is 11.9 Å². The van der Waals surface area contributed by atoms with Crippen molar-refractivity contribution in [2.45, 2.75) is 52.9 Å². The molecule has 2 rings (SSSR count). The molecule has 1 unspecified atom stereocenters. The van der Waals surface area contributed by atoms with E-state index in [4.69, 9.17) is 5.73 Å². The number of alkyl halides is 3. The highest BCUT2D eigenvalue weighted by atomic mass is 19.4. The maximum atomic E-state index is 12.8. The van der Waals surface area contributed by atoms with E-state index in [1.807, 2.05) is 46.8 Å². The molecule has 3 nitrogen and oxygen atoms in total. The second kappa shape index (κ2) is 7.64. The maximum absolute atomic E-state index is 12.8. The second-order valence-corrected chi connectivity index (χ2v) is 5.36. The van der Waals surface area contributed by atoms with Gasteiger partial charge in [0.1, 0.15) is 5.82 Å². The molecular weight excluding hydrogens is 303 g/mol. The molecule has 0 fully saturated rings. The highest BCUT2D eigenvalue weighted by Gasteiger charge is 2.35. The summed E-state index contributed by atoms with van der Waals surface area (Å²) in [5, 5.41) is 0. The van der Waals surface area contributed by atoms with Gasteiger partial charge in [-0.15, -0.1) is 0 Å². The summed E-state index contributed by atoms with van der Waals surface area (Å²) in [6.45, 7) is 9.50. The first kappa shape index (κ1) is 19.2. The Labute approximate surface area is 135 Å². The quantitative estimate of drug-likeness (QED) is 0.842. The van der Waals surface area contributed by atoms with E-state index in [1.54, 1.807) is 12.1 Å². The Balaban J connectivity index is 0.00000127. The van der Waals surface area contributed by atoms with E-state index in [-0.39, 0.29) is 12.1 Å². The van der Waals surface area contributed by atoms with E-state index in [0.29, 0.717) is 11.4 Å². The molecule has 0 aliphatic heterocycles. The first-order chi connectivity index (χ1) is 10.7. The Morgan fingerprint density at radius 3 is 1.96 bits per heavy atom. The van der Waals surface area contributed by atoms with E-state index >= 15 is 0 Å². The Morgan fingerprint density at radius 1 is 1.04 bits per heavy atom. The van der Waals surface area contributed by atoms with Crippen LogP contribution in [0, 0.1) is 0 Å². The van der Waals surface area contributed by atoms with E-state index in [9.17, 15) is 13.2 Å². The number of rotatable bonds is 3. The average molecular weight is 327 g/mol. The van der Waals surface area contributed by atoms with E-state index in [1.165, 1.54) is 4.57 Å². The molecule has 0 amide bonds. The predicted octanol–water partition coefficient (Wildman–Crippen LogP) is 5.20. The number of halogens is 3. The minimum absolute atomic E-state index is 0.114. The van der Waals surface area contributed by atoms with Crippen molar-refractivity contribution in [3.8, 4) is 11.4 Å². The fourth-order valence-electron chi connectivity index (χ4n) is 2.07. The summed E-state index contributed by atoms with van der Waals surface area (Å²) in [7, 11) is 0. The summed E-state index contributed by atoms with van der Waals surface area (Å²) in [5.74, 6) is 0.313. The second-order valence-electron chi connectivity index (χ2n) is 5.36. The molecule has 0 saturated carbocycles. The number of hydrogen-bond acceptors (Lipinski definition) is 2. The first-order valence-corrected chi connectivity index (χ1v) is 7.72. The topological polar surface area (TPSA) is 43.8 Å². The summed E-state index contributed by atoms with van der Waals surface area (Å²) >= 11 is 0. The van der Waals surface area contributed by atoms with Gasteiger partial charge in [0.15, 0.2) is 5.69 Å². The zero-order chi connectivity index (χ0) is 17.8. The normalized spacial score (nSPS) is 12.8. The zero-order valence-electron chi connectivity index (χ0n) is 14.1. The molecule has 1 heterocycles. The number of nitrogens with two attached hydrogens (primary N) is 1. The third kappa shape index (κ3) is 4.58. The Kier molecular flexibility index (Phi) is 6.38. The molecule has 0 aliphatic rings. The van der Waals surface area contributed by atoms with Crippen LogP contribution in [0.3, 0.4) is 0 Å². The number of aromatic nitrogens is 2. The third-order valence-corrected chi connectivity index (χ3v) is 3.27. The van der Waals surface area contributed by atoms with Crippen molar-refractivity contribution in [1.29, 1.82) is 0 Å². The van der Waals surface area contributed by atoms with Crippen LogP contribution in [0.5, 0.6) is 0 Å². The molecule has 0 saturated heterocycles. The van der Waals surface area contributed by atoms with Crippen LogP contribution in [0.15, 0.2) is 30.5 Å². The van der Waals surface area contributed by atoms with Gasteiger partial charge in [0.25, 0.3) is 0 Å². The highest BCUT2D eigenvalue weighted by molar-refractivity contribution is 5.57. The van der Waals surface area contributed by atoms with Gasteiger partial charge >= 0.3 is 6.18 Å². The lowest BCUT2D eigenvalue weighted by Crippen LogP contribution is -2.05. The van der Waals surface area contributed by atoms with Crippen molar-refractivity contribution >= 4 is 0 Å². The number of benzene rings is 1. The minimum Gasteiger partial charge on any atom is -0.328 e. The van der Waals surface area contributed by atoms with Crippen molar-refractivity contribution in [3.63, 3.8) is 0 Å². The van der Waals surface area contributed by atoms with Crippen LogP contribution in [0.2, 0.25) is 0 Å². The van der Waals surface area contributed by atoms with Gasteiger partial charge in [-0.2, -0.15) is 13.2 Å². The summed E-state index contributed by atoms with van der Waals surface area (Å²) in [6.07, 6.45) is -3.39. The number of hydrogen-bond donors (Lipinski definition) is 1. The van der Waals surface area contributed by atoms with Crippen LogP contribution in [0.25, 0.3) is 11.4 Å². The van der Waals surface area contributed by atoms with Gasteiger partial charge in [0.2, 0.25) is 0 Å². The number of nitrogens with zero attached hydrogens (tertiary/aromatic N) is 2. The molecule has 0 spiro atoms. The predicted molar refractivity (Wildman–Crippen MR) is 87.0 cm³/mol. The Bertz CT molecular complexity index is 611. The Morgan fingerprint density at radius 2 is 1.57 bits per heavy atom. The lowest BCUT2D eigenvalue weighted by Gasteiger charge is -2.12. The molecule has 23 heavy (non-hydrogen) atoms. The van der Waals surface area contributed by atoms with Crippen molar-refractivity contribution in [2.75, 3.05) is 0 Å². The van der Waals surface area contributed by atoms with Crippen LogP contribution in [0.1, 0.15) is 58.0 Å². The minimum atomic E-state index is -4.44. The van der Waals surface area contributed by atoms with Crippen LogP contribution in [-0.2, 0) is 6.18 Å². The molecular formula is C17H24F3N3. The molecule has 1 atom stereocenters. The summed E-state index contributed by atoms with van der Waals surface area (Å²) in [4.78, 5) is 3.75. The zero-order valence-corrected chi connectivity index (χ0v) is 14.1. The van der Waals surface area contributed by atoms with Gasteiger partial charge in [-0.25, -0.2) is 4.98 Å². The lowest BCUT2D eigenvalue weighted by atomic mass is 10.1. The summed E-state index contributed by atoms with van der Waals surface area (Å²) < 4.78 is 40.0. The SMILES string of the molecule is CC.CC(N)c1ccc(-c2nc(C(F)(F)F)cn2C(C)C)cc1. The molecule has 1 aromatic carbocycles. The fourth-order valence-corrected chi connectivity index (χ4v) is 2.07. The first-order valence-electron chi connectivity index (χ1n) is 7.72. The fraction of sp³-hybridized carbons (Fsp3) is 0.471. The maximum Gasteiger partial charge on any atom is 0.434 e. The molecule has 2 N–H and O–H groups in total. The summed E-state index contributed by atoms with van der Waals surface area (Å²) in [5.41, 5.74) is 6.47. The lowest BCUT2D eigenvalue weighted by molar-refractivity contribution is -0.140. The van der Waals surface area contributed by atoms with Gasteiger partial charge < -0.3 is 10.3 Å². The highest BCUT2D eigenvalue weighted by Crippen LogP contribution is 2.32. The van der Waals surface area contributed by atoms with Crippen molar-refractivity contribution in [2.24, 2.45) is 5.73 Å². The molecule has 0 aliphatic carbocycles. The van der Waals surface area contributed by atoms with Crippen LogP contribution >= 0.6 is 0 Å². The van der Waals surface area contributed by atoms with Gasteiger partial charge in [0.05, 0.1) is 0 Å². The molecule has 2 aromatic rings. The summed E-state index contributed by atoms with van der Waals surface area (Å²) in [6, 6.07) is 6.89. The van der Waals surface area contributed by atoms with E-state index in [0.717, 1.165) is 11.8 Å². The number of imidazole rings is 1. The average Bonchev–Trinajstić information content (AvgIpc) is 2.95. The van der Waals surface area contributed by atoms with Crippen molar-refractivity contribution < 1.29 is 13.2 Å². The molecule has 6 heteroatoms. The molecule has 0 bridgehead atoms. The smallest absolute Gasteiger partial charge is 0.328 e.